The summed E-state index contributed by atoms with van der Waals surface area (Å²) in [5, 5.41) is 0. The molecule has 4 nitrogen and oxygen atoms in total. The highest BCUT2D eigenvalue weighted by atomic mass is 19.1. The first-order chi connectivity index (χ1) is 18.0. The van der Waals surface area contributed by atoms with Gasteiger partial charge in [0, 0.05) is 33.9 Å². The lowest BCUT2D eigenvalue weighted by atomic mass is 10.0. The number of aryl methyl sites for hydroxylation is 1. The maximum atomic E-state index is 14.4. The molecule has 0 aromatic heterocycles. The number of rotatable bonds is 9. The Morgan fingerprint density at radius 1 is 0.865 bits per heavy atom. The fourth-order valence-corrected chi connectivity index (χ4v) is 3.26. The van der Waals surface area contributed by atoms with E-state index >= 15 is 0 Å². The van der Waals surface area contributed by atoms with Crippen molar-refractivity contribution in [2.24, 2.45) is 0 Å². The average molecular weight is 495 g/mol. The van der Waals surface area contributed by atoms with Crippen molar-refractivity contribution in [3.05, 3.63) is 131 Å². The van der Waals surface area contributed by atoms with Gasteiger partial charge in [-0.15, -0.1) is 0 Å². The minimum Gasteiger partial charge on any atom is -0.476 e. The summed E-state index contributed by atoms with van der Waals surface area (Å²) in [6.45, 7) is 9.17. The molecule has 0 bridgehead atoms. The normalized spacial score (nSPS) is 9.78. The first-order valence-corrected chi connectivity index (χ1v) is 11.7. The van der Waals surface area contributed by atoms with Gasteiger partial charge in [-0.05, 0) is 60.0 Å². The molecule has 0 aliphatic rings. The van der Waals surface area contributed by atoms with Crippen LogP contribution < -0.4 is 0 Å². The predicted octanol–water partition coefficient (Wildman–Crippen LogP) is 6.05. The highest BCUT2D eigenvalue weighted by molar-refractivity contribution is 5.81. The zero-order chi connectivity index (χ0) is 26.5. The summed E-state index contributed by atoms with van der Waals surface area (Å²) in [7, 11) is 0. The Morgan fingerprint density at radius 2 is 1.54 bits per heavy atom. The Hall–Kier alpha value is -4.58. The molecule has 0 aliphatic heterocycles. The van der Waals surface area contributed by atoms with Crippen molar-refractivity contribution in [1.29, 1.82) is 0 Å². The van der Waals surface area contributed by atoms with Crippen molar-refractivity contribution >= 4 is 5.97 Å². The first-order valence-electron chi connectivity index (χ1n) is 11.7. The number of hydrogen-bond donors (Lipinski definition) is 0. The topological polar surface area (TPSA) is 44.8 Å². The largest absolute Gasteiger partial charge is 0.476 e. The Kier molecular flexibility index (Phi) is 10.3. The molecule has 186 valence electrons. The van der Waals surface area contributed by atoms with E-state index in [0.717, 1.165) is 40.3 Å². The van der Waals surface area contributed by atoms with E-state index in [4.69, 9.17) is 14.2 Å². The third-order valence-corrected chi connectivity index (χ3v) is 5.26. The minimum absolute atomic E-state index is 0.0198. The lowest BCUT2D eigenvalue weighted by Gasteiger charge is -2.05. The molecule has 3 aromatic carbocycles. The zero-order valence-electron chi connectivity index (χ0n) is 20.7. The molecule has 0 N–H and O–H groups in total. The number of carbonyl (C=O) groups excluding carboxylic acids is 1. The number of ether oxygens (including phenoxy) is 3. The Balaban J connectivity index is 1.67. The molecule has 0 saturated carbocycles. The number of esters is 1. The van der Waals surface area contributed by atoms with Crippen LogP contribution in [0.2, 0.25) is 0 Å². The van der Waals surface area contributed by atoms with E-state index in [1.807, 2.05) is 42.5 Å². The lowest BCUT2D eigenvalue weighted by molar-refractivity contribution is -0.138. The molecular weight excluding hydrogens is 467 g/mol. The minimum atomic E-state index is -0.453. The van der Waals surface area contributed by atoms with Crippen LogP contribution in [0.4, 0.5) is 4.39 Å². The molecule has 0 radical (unpaired) electrons. The SMILES string of the molecule is C=COCOCc1ccc(C#Cc2ccc(C#Cc3ccc(COC(=O)C=C)cc3)cc2CC)cc1F. The second kappa shape index (κ2) is 14.1. The Labute approximate surface area is 217 Å². The molecule has 3 aromatic rings. The molecule has 0 spiro atoms. The van der Waals surface area contributed by atoms with Crippen LogP contribution in [-0.2, 0) is 38.6 Å². The van der Waals surface area contributed by atoms with Crippen molar-refractivity contribution in [2.45, 2.75) is 26.6 Å². The van der Waals surface area contributed by atoms with Gasteiger partial charge in [-0.2, -0.15) is 0 Å². The van der Waals surface area contributed by atoms with Crippen LogP contribution >= 0.6 is 0 Å². The first kappa shape index (κ1) is 27.0. The summed E-state index contributed by atoms with van der Waals surface area (Å²) in [6.07, 6.45) is 3.19. The monoisotopic (exact) mass is 494 g/mol. The van der Waals surface area contributed by atoms with E-state index < -0.39 is 5.97 Å². The van der Waals surface area contributed by atoms with Crippen molar-refractivity contribution in [3.63, 3.8) is 0 Å². The summed E-state index contributed by atoms with van der Waals surface area (Å²) in [5.74, 6) is 11.7. The Morgan fingerprint density at radius 3 is 2.24 bits per heavy atom. The third kappa shape index (κ3) is 8.54. The van der Waals surface area contributed by atoms with Crippen molar-refractivity contribution in [1.82, 2.24) is 0 Å². The highest BCUT2D eigenvalue weighted by Crippen LogP contribution is 2.14. The lowest BCUT2D eigenvalue weighted by Crippen LogP contribution is -1.99. The molecule has 5 heteroatoms. The molecule has 0 fully saturated rings. The fraction of sp³-hybridized carbons (Fsp3) is 0.156. The van der Waals surface area contributed by atoms with Gasteiger partial charge in [-0.3, -0.25) is 0 Å². The number of halogens is 1. The van der Waals surface area contributed by atoms with Gasteiger partial charge in [0.1, 0.15) is 12.4 Å². The molecule has 0 aliphatic carbocycles. The number of carbonyl (C=O) groups is 1. The van der Waals surface area contributed by atoms with Crippen LogP contribution in [0.1, 0.15) is 45.9 Å². The van der Waals surface area contributed by atoms with Crippen LogP contribution in [0, 0.1) is 29.5 Å². The summed E-state index contributed by atoms with van der Waals surface area (Å²) >= 11 is 0. The Bertz CT molecular complexity index is 1380. The quantitative estimate of drug-likeness (QED) is 0.0907. The van der Waals surface area contributed by atoms with E-state index in [2.05, 4.69) is 43.8 Å². The average Bonchev–Trinajstić information content (AvgIpc) is 2.93. The van der Waals surface area contributed by atoms with Gasteiger partial charge in [0.15, 0.2) is 6.79 Å². The zero-order valence-corrected chi connectivity index (χ0v) is 20.7. The molecule has 0 atom stereocenters. The third-order valence-electron chi connectivity index (χ3n) is 5.26. The molecule has 3 rings (SSSR count). The summed E-state index contributed by atoms with van der Waals surface area (Å²) in [4.78, 5) is 11.2. The molecule has 37 heavy (non-hydrogen) atoms. The van der Waals surface area contributed by atoms with Gasteiger partial charge in [-0.1, -0.05) is 62.0 Å². The van der Waals surface area contributed by atoms with Gasteiger partial charge in [0.25, 0.3) is 0 Å². The van der Waals surface area contributed by atoms with Gasteiger partial charge in [-0.25, -0.2) is 9.18 Å². The van der Waals surface area contributed by atoms with E-state index in [1.54, 1.807) is 12.1 Å². The van der Waals surface area contributed by atoms with Crippen LogP contribution in [0.5, 0.6) is 0 Å². The number of benzene rings is 3. The number of hydrogen-bond acceptors (Lipinski definition) is 4. The summed E-state index contributed by atoms with van der Waals surface area (Å²) < 4.78 is 29.5. The van der Waals surface area contributed by atoms with Crippen molar-refractivity contribution in [3.8, 4) is 23.7 Å². The van der Waals surface area contributed by atoms with Gasteiger partial charge in [0.2, 0.25) is 0 Å². The fourth-order valence-electron chi connectivity index (χ4n) is 3.26. The van der Waals surface area contributed by atoms with Gasteiger partial charge >= 0.3 is 5.97 Å². The van der Waals surface area contributed by atoms with E-state index in [0.29, 0.717) is 11.1 Å². The summed E-state index contributed by atoms with van der Waals surface area (Å²) in [6, 6.07) is 18.2. The maximum Gasteiger partial charge on any atom is 0.330 e. The molecular formula is C32H27FO4. The van der Waals surface area contributed by atoms with Gasteiger partial charge in [0.05, 0.1) is 12.9 Å². The second-order valence-corrected chi connectivity index (χ2v) is 7.84. The summed E-state index contributed by atoms with van der Waals surface area (Å²) in [5.41, 5.74) is 5.55. The van der Waals surface area contributed by atoms with E-state index in [9.17, 15) is 9.18 Å². The maximum absolute atomic E-state index is 14.4. The predicted molar refractivity (Wildman–Crippen MR) is 142 cm³/mol. The second-order valence-electron chi connectivity index (χ2n) is 7.84. The van der Waals surface area contributed by atoms with Crippen molar-refractivity contribution < 1.29 is 23.4 Å². The van der Waals surface area contributed by atoms with Gasteiger partial charge < -0.3 is 14.2 Å². The van der Waals surface area contributed by atoms with E-state index in [-0.39, 0.29) is 25.8 Å². The smallest absolute Gasteiger partial charge is 0.330 e. The standard InChI is InChI=1S/C32H27FO4/c1-4-28-19-25(10-7-24-8-11-27(12-9-24)21-37-32(34)5-2)13-16-29(28)17-14-26-15-18-30(31(33)20-26)22-36-23-35-6-3/h5-6,8-9,11-13,15-16,18-20H,2-4,21-23H2,1H3. The van der Waals surface area contributed by atoms with Crippen molar-refractivity contribution in [2.75, 3.05) is 6.79 Å². The van der Waals surface area contributed by atoms with Crippen LogP contribution in [0.25, 0.3) is 0 Å². The van der Waals surface area contributed by atoms with E-state index in [1.165, 1.54) is 12.3 Å². The molecule has 0 amide bonds. The molecule has 0 saturated heterocycles. The highest BCUT2D eigenvalue weighted by Gasteiger charge is 2.04. The molecule has 0 heterocycles. The van der Waals surface area contributed by atoms with Crippen LogP contribution in [-0.4, -0.2) is 12.8 Å². The molecule has 0 unspecified atom stereocenters. The van der Waals surface area contributed by atoms with Crippen LogP contribution in [0.3, 0.4) is 0 Å². The van der Waals surface area contributed by atoms with Crippen LogP contribution in [0.15, 0.2) is 86.2 Å².